The zero-order valence-electron chi connectivity index (χ0n) is 9.54. The molecule has 5 heteroatoms. The molecule has 3 nitrogen and oxygen atoms in total. The Labute approximate surface area is 96.5 Å². The van der Waals surface area contributed by atoms with Crippen molar-refractivity contribution < 1.29 is 12.8 Å². The van der Waals surface area contributed by atoms with Crippen molar-refractivity contribution in [2.75, 3.05) is 11.5 Å². The van der Waals surface area contributed by atoms with E-state index < -0.39 is 15.5 Å². The Morgan fingerprint density at radius 2 is 1.62 bits per heavy atom. The van der Waals surface area contributed by atoms with Crippen molar-refractivity contribution in [2.24, 2.45) is 5.73 Å². The highest BCUT2D eigenvalue weighted by Gasteiger charge is 2.40. The van der Waals surface area contributed by atoms with Gasteiger partial charge >= 0.3 is 0 Å². The van der Waals surface area contributed by atoms with Crippen LogP contribution >= 0.6 is 0 Å². The monoisotopic (exact) mass is 249 g/mol. The van der Waals surface area contributed by atoms with E-state index in [9.17, 15) is 12.8 Å². The summed E-state index contributed by atoms with van der Waals surface area (Å²) in [6.45, 7) is 0. The molecule has 0 radical (unpaired) electrons. The third-order valence-electron chi connectivity index (χ3n) is 3.91. The Morgan fingerprint density at radius 1 is 1.06 bits per heavy atom. The lowest BCUT2D eigenvalue weighted by atomic mass is 9.91. The van der Waals surface area contributed by atoms with Gasteiger partial charge in [-0.25, -0.2) is 12.8 Å². The topological polar surface area (TPSA) is 60.2 Å². The Balaban J connectivity index is 1.76. The summed E-state index contributed by atoms with van der Waals surface area (Å²) in [5, 5.41) is 0. The highest BCUT2D eigenvalue weighted by Crippen LogP contribution is 2.39. The van der Waals surface area contributed by atoms with Gasteiger partial charge in [0.25, 0.3) is 0 Å². The lowest BCUT2D eigenvalue weighted by molar-refractivity contribution is 0.129. The van der Waals surface area contributed by atoms with E-state index in [0.29, 0.717) is 6.42 Å². The maximum Gasteiger partial charge on any atom is 0.150 e. The minimum absolute atomic E-state index is 0.0112. The summed E-state index contributed by atoms with van der Waals surface area (Å²) < 4.78 is 36.6. The van der Waals surface area contributed by atoms with Gasteiger partial charge in [0.05, 0.1) is 11.5 Å². The van der Waals surface area contributed by atoms with Gasteiger partial charge in [0.2, 0.25) is 0 Å². The van der Waals surface area contributed by atoms with E-state index in [1.807, 2.05) is 0 Å². The number of halogens is 1. The predicted octanol–water partition coefficient (Wildman–Crippen LogP) is 1.56. The first-order chi connectivity index (χ1) is 7.33. The standard InChI is InChI=1S/C11H20FNO2S/c12-10(2-1-3-11(13)4-5-11)6-8-16(14,15)9-7-10/h1-9,13H2. The zero-order chi connectivity index (χ0) is 11.9. The van der Waals surface area contributed by atoms with E-state index >= 15 is 0 Å². The van der Waals surface area contributed by atoms with E-state index in [4.69, 9.17) is 5.73 Å². The molecule has 1 aliphatic heterocycles. The molecule has 16 heavy (non-hydrogen) atoms. The largest absolute Gasteiger partial charge is 0.325 e. The molecular formula is C11H20FNO2S. The molecule has 0 aromatic carbocycles. The Kier molecular flexibility index (Phi) is 3.03. The van der Waals surface area contributed by atoms with Crippen molar-refractivity contribution >= 4 is 9.84 Å². The molecule has 2 fully saturated rings. The van der Waals surface area contributed by atoms with Gasteiger partial charge in [0, 0.05) is 5.54 Å². The van der Waals surface area contributed by atoms with Gasteiger partial charge < -0.3 is 5.73 Å². The van der Waals surface area contributed by atoms with Crippen molar-refractivity contribution in [3.8, 4) is 0 Å². The van der Waals surface area contributed by atoms with Crippen molar-refractivity contribution in [1.29, 1.82) is 0 Å². The summed E-state index contributed by atoms with van der Waals surface area (Å²) in [6, 6.07) is 0. The summed E-state index contributed by atoms with van der Waals surface area (Å²) in [7, 11) is -2.96. The maximum atomic E-state index is 14.2. The van der Waals surface area contributed by atoms with Gasteiger partial charge in [0.15, 0.2) is 9.84 Å². The van der Waals surface area contributed by atoms with Gasteiger partial charge in [0.1, 0.15) is 5.67 Å². The molecule has 0 amide bonds. The number of rotatable bonds is 4. The van der Waals surface area contributed by atoms with Crippen LogP contribution in [0.2, 0.25) is 0 Å². The minimum atomic E-state index is -2.96. The molecule has 0 unspecified atom stereocenters. The molecule has 94 valence electrons. The van der Waals surface area contributed by atoms with Gasteiger partial charge in [-0.2, -0.15) is 0 Å². The van der Waals surface area contributed by atoms with Crippen LogP contribution in [0.5, 0.6) is 0 Å². The molecule has 0 spiro atoms. The second kappa shape index (κ2) is 3.95. The maximum absolute atomic E-state index is 14.2. The first-order valence-electron chi connectivity index (χ1n) is 6.01. The number of alkyl halides is 1. The van der Waals surface area contributed by atoms with Crippen LogP contribution < -0.4 is 5.73 Å². The number of sulfone groups is 1. The first kappa shape index (κ1) is 12.3. The fourth-order valence-electron chi connectivity index (χ4n) is 2.32. The van der Waals surface area contributed by atoms with Gasteiger partial charge in [-0.15, -0.1) is 0 Å². The fraction of sp³-hybridized carbons (Fsp3) is 1.00. The van der Waals surface area contributed by atoms with Crippen molar-refractivity contribution in [3.63, 3.8) is 0 Å². The molecule has 0 aromatic rings. The Bertz CT molecular complexity index is 348. The van der Waals surface area contributed by atoms with Crippen LogP contribution in [0.4, 0.5) is 4.39 Å². The third-order valence-corrected chi connectivity index (χ3v) is 5.57. The van der Waals surface area contributed by atoms with Crippen molar-refractivity contribution in [1.82, 2.24) is 0 Å². The predicted molar refractivity (Wildman–Crippen MR) is 61.7 cm³/mol. The summed E-state index contributed by atoms with van der Waals surface area (Å²) in [5.74, 6) is 0.0224. The molecule has 1 aliphatic carbocycles. The lowest BCUT2D eigenvalue weighted by Gasteiger charge is -2.29. The van der Waals surface area contributed by atoms with Gasteiger partial charge in [-0.3, -0.25) is 0 Å². The highest BCUT2D eigenvalue weighted by atomic mass is 32.2. The first-order valence-corrected chi connectivity index (χ1v) is 7.83. The number of hydrogen-bond acceptors (Lipinski definition) is 3. The zero-order valence-corrected chi connectivity index (χ0v) is 10.4. The average Bonchev–Trinajstić information content (AvgIpc) is 2.91. The quantitative estimate of drug-likeness (QED) is 0.822. The molecule has 2 N–H and O–H groups in total. The van der Waals surface area contributed by atoms with Crippen LogP contribution in [0.15, 0.2) is 0 Å². The molecule has 2 rings (SSSR count). The summed E-state index contributed by atoms with van der Waals surface area (Å²) >= 11 is 0. The van der Waals surface area contributed by atoms with Crippen molar-refractivity contribution in [3.05, 3.63) is 0 Å². The van der Waals surface area contributed by atoms with Crippen LogP contribution in [0.25, 0.3) is 0 Å². The molecule has 1 saturated heterocycles. The Hall–Kier alpha value is -0.160. The molecule has 0 atom stereocenters. The molecule has 0 aromatic heterocycles. The molecular weight excluding hydrogens is 229 g/mol. The normalized spacial score (nSPS) is 29.9. The third kappa shape index (κ3) is 3.17. The van der Waals surface area contributed by atoms with E-state index in [0.717, 1.165) is 25.7 Å². The SMILES string of the molecule is NC1(CCCC2(F)CCS(=O)(=O)CC2)CC1. The minimum Gasteiger partial charge on any atom is -0.325 e. The second-order valence-corrected chi connectivity index (χ2v) is 7.82. The van der Waals surface area contributed by atoms with E-state index in [1.54, 1.807) is 0 Å². The smallest absolute Gasteiger partial charge is 0.150 e. The van der Waals surface area contributed by atoms with E-state index in [1.165, 1.54) is 0 Å². The molecule has 1 heterocycles. The van der Waals surface area contributed by atoms with Crippen LogP contribution in [-0.2, 0) is 9.84 Å². The lowest BCUT2D eigenvalue weighted by Crippen LogP contribution is -2.36. The van der Waals surface area contributed by atoms with E-state index in [-0.39, 0.29) is 29.9 Å². The van der Waals surface area contributed by atoms with Crippen molar-refractivity contribution in [2.45, 2.75) is 56.2 Å². The number of nitrogens with two attached hydrogens (primary N) is 1. The van der Waals surface area contributed by atoms with Gasteiger partial charge in [-0.1, -0.05) is 0 Å². The molecule has 1 saturated carbocycles. The fourth-order valence-corrected chi connectivity index (χ4v) is 3.88. The van der Waals surface area contributed by atoms with Crippen LogP contribution in [0.1, 0.15) is 44.9 Å². The average molecular weight is 249 g/mol. The molecule has 2 aliphatic rings. The number of hydrogen-bond donors (Lipinski definition) is 1. The summed E-state index contributed by atoms with van der Waals surface area (Å²) in [4.78, 5) is 0. The Morgan fingerprint density at radius 3 is 2.12 bits per heavy atom. The summed E-state index contributed by atoms with van der Waals surface area (Å²) in [6.07, 6.45) is 4.60. The van der Waals surface area contributed by atoms with Crippen LogP contribution in [0, 0.1) is 0 Å². The van der Waals surface area contributed by atoms with Crippen LogP contribution in [-0.4, -0.2) is 31.1 Å². The van der Waals surface area contributed by atoms with E-state index in [2.05, 4.69) is 0 Å². The highest BCUT2D eigenvalue weighted by molar-refractivity contribution is 7.91. The van der Waals surface area contributed by atoms with Gasteiger partial charge in [-0.05, 0) is 44.9 Å². The summed E-state index contributed by atoms with van der Waals surface area (Å²) in [5.41, 5.74) is 4.66. The second-order valence-electron chi connectivity index (χ2n) is 5.52. The molecule has 0 bridgehead atoms. The van der Waals surface area contributed by atoms with Crippen LogP contribution in [0.3, 0.4) is 0 Å².